The molecule has 5 heteroatoms. The molecule has 1 unspecified atom stereocenters. The van der Waals surface area contributed by atoms with Crippen LogP contribution in [0.4, 0.5) is 0 Å². The van der Waals surface area contributed by atoms with Crippen LogP contribution in [-0.4, -0.2) is 38.1 Å². The summed E-state index contributed by atoms with van der Waals surface area (Å²) in [5, 5.41) is 0. The Balaban J connectivity index is 2.58. The first-order valence-electron chi connectivity index (χ1n) is 6.04. The molecule has 1 saturated carbocycles. The van der Waals surface area contributed by atoms with E-state index < -0.39 is 10.0 Å². The summed E-state index contributed by atoms with van der Waals surface area (Å²) < 4.78 is 25.6. The second-order valence-corrected chi connectivity index (χ2v) is 7.30. The van der Waals surface area contributed by atoms with Crippen LogP contribution in [0.3, 0.4) is 0 Å². The molecule has 0 amide bonds. The Morgan fingerprint density at radius 2 is 1.94 bits per heavy atom. The smallest absolute Gasteiger partial charge is 0.214 e. The van der Waals surface area contributed by atoms with Crippen LogP contribution >= 0.6 is 0 Å². The lowest BCUT2D eigenvalue weighted by Gasteiger charge is -2.26. The fourth-order valence-corrected chi connectivity index (χ4v) is 3.58. The number of nitrogens with two attached hydrogens (primary N) is 1. The van der Waals surface area contributed by atoms with Gasteiger partial charge in [0.1, 0.15) is 0 Å². The summed E-state index contributed by atoms with van der Waals surface area (Å²) in [6, 6.07) is 0.0113. The van der Waals surface area contributed by atoms with Gasteiger partial charge in [0.2, 0.25) is 10.0 Å². The molecule has 0 aromatic heterocycles. The van der Waals surface area contributed by atoms with Crippen molar-refractivity contribution in [2.24, 2.45) is 17.6 Å². The van der Waals surface area contributed by atoms with E-state index in [0.717, 1.165) is 12.8 Å². The van der Waals surface area contributed by atoms with E-state index in [2.05, 4.69) is 0 Å². The van der Waals surface area contributed by atoms with Gasteiger partial charge in [0, 0.05) is 19.6 Å². The van der Waals surface area contributed by atoms with Crippen LogP contribution in [0, 0.1) is 11.8 Å². The zero-order chi connectivity index (χ0) is 12.3. The topological polar surface area (TPSA) is 63.4 Å². The molecule has 0 saturated heterocycles. The third-order valence-corrected chi connectivity index (χ3v) is 5.17. The molecule has 16 heavy (non-hydrogen) atoms. The molecule has 0 heterocycles. The molecule has 0 aromatic rings. The zero-order valence-electron chi connectivity index (χ0n) is 10.5. The molecule has 96 valence electrons. The van der Waals surface area contributed by atoms with Crippen LogP contribution in [0.25, 0.3) is 0 Å². The van der Waals surface area contributed by atoms with Crippen molar-refractivity contribution in [1.82, 2.24) is 4.31 Å². The standard InChI is InChI=1S/C11H24N2O2S/c1-9(2)6-7-16(14,15)13(3)11(8-12)10-4-5-10/h9-11H,4-8,12H2,1-3H3. The fraction of sp³-hybridized carbons (Fsp3) is 1.00. The zero-order valence-corrected chi connectivity index (χ0v) is 11.3. The maximum absolute atomic E-state index is 12.0. The molecule has 0 aromatic carbocycles. The second-order valence-electron chi connectivity index (χ2n) is 5.16. The summed E-state index contributed by atoms with van der Waals surface area (Å²) in [6.45, 7) is 4.51. The van der Waals surface area contributed by atoms with Crippen molar-refractivity contribution in [1.29, 1.82) is 0 Å². The lowest BCUT2D eigenvalue weighted by Crippen LogP contribution is -2.44. The molecule has 1 atom stereocenters. The van der Waals surface area contributed by atoms with Crippen LogP contribution in [0.2, 0.25) is 0 Å². The monoisotopic (exact) mass is 248 g/mol. The first-order chi connectivity index (χ1) is 7.38. The van der Waals surface area contributed by atoms with Gasteiger partial charge in [-0.15, -0.1) is 0 Å². The Kier molecular flexibility index (Phi) is 4.76. The summed E-state index contributed by atoms with van der Waals surface area (Å²) in [6.07, 6.45) is 2.95. The van der Waals surface area contributed by atoms with E-state index in [4.69, 9.17) is 5.73 Å². The molecule has 1 aliphatic rings. The molecule has 0 bridgehead atoms. The number of hydrogen-bond acceptors (Lipinski definition) is 3. The number of rotatable bonds is 7. The van der Waals surface area contributed by atoms with Crippen molar-refractivity contribution in [3.8, 4) is 0 Å². The van der Waals surface area contributed by atoms with E-state index >= 15 is 0 Å². The Morgan fingerprint density at radius 3 is 2.31 bits per heavy atom. The first kappa shape index (κ1) is 13.9. The maximum atomic E-state index is 12.0. The average molecular weight is 248 g/mol. The summed E-state index contributed by atoms with van der Waals surface area (Å²) in [7, 11) is -1.45. The van der Waals surface area contributed by atoms with E-state index in [1.54, 1.807) is 7.05 Å². The van der Waals surface area contributed by atoms with E-state index in [1.165, 1.54) is 4.31 Å². The van der Waals surface area contributed by atoms with E-state index in [-0.39, 0.29) is 11.8 Å². The number of sulfonamides is 1. The summed E-state index contributed by atoms with van der Waals surface area (Å²) in [4.78, 5) is 0. The predicted molar refractivity (Wildman–Crippen MR) is 66.6 cm³/mol. The van der Waals surface area contributed by atoms with Gasteiger partial charge >= 0.3 is 0 Å². The van der Waals surface area contributed by atoms with Gasteiger partial charge in [0.25, 0.3) is 0 Å². The van der Waals surface area contributed by atoms with Crippen molar-refractivity contribution >= 4 is 10.0 Å². The average Bonchev–Trinajstić information content (AvgIpc) is 3.00. The quantitative estimate of drug-likeness (QED) is 0.732. The molecule has 1 fully saturated rings. The van der Waals surface area contributed by atoms with Crippen molar-refractivity contribution in [3.05, 3.63) is 0 Å². The lowest BCUT2D eigenvalue weighted by molar-refractivity contribution is 0.339. The van der Waals surface area contributed by atoms with Crippen LogP contribution in [0.15, 0.2) is 0 Å². The number of likely N-dealkylation sites (N-methyl/N-ethyl adjacent to an activating group) is 1. The Labute approximate surface area is 99.2 Å². The van der Waals surface area contributed by atoms with E-state index in [0.29, 0.717) is 24.8 Å². The van der Waals surface area contributed by atoms with Crippen molar-refractivity contribution < 1.29 is 8.42 Å². The minimum atomic E-state index is -3.12. The third kappa shape index (κ3) is 3.71. The molecule has 2 N–H and O–H groups in total. The van der Waals surface area contributed by atoms with Crippen LogP contribution in [-0.2, 0) is 10.0 Å². The largest absolute Gasteiger partial charge is 0.329 e. The highest BCUT2D eigenvalue weighted by Gasteiger charge is 2.37. The van der Waals surface area contributed by atoms with Crippen LogP contribution in [0.5, 0.6) is 0 Å². The van der Waals surface area contributed by atoms with E-state index in [9.17, 15) is 8.42 Å². The minimum Gasteiger partial charge on any atom is -0.329 e. The van der Waals surface area contributed by atoms with Gasteiger partial charge in [0.05, 0.1) is 5.75 Å². The summed E-state index contributed by atoms with van der Waals surface area (Å²) >= 11 is 0. The first-order valence-corrected chi connectivity index (χ1v) is 7.65. The minimum absolute atomic E-state index is 0.0113. The van der Waals surface area contributed by atoms with Gasteiger partial charge < -0.3 is 5.73 Å². The third-order valence-electron chi connectivity index (χ3n) is 3.27. The summed E-state index contributed by atoms with van der Waals surface area (Å²) in [5.41, 5.74) is 5.66. The number of nitrogens with zero attached hydrogens (tertiary/aromatic N) is 1. The van der Waals surface area contributed by atoms with Gasteiger partial charge in [0.15, 0.2) is 0 Å². The number of hydrogen-bond donors (Lipinski definition) is 1. The fourth-order valence-electron chi connectivity index (χ4n) is 1.85. The Morgan fingerprint density at radius 1 is 1.38 bits per heavy atom. The predicted octanol–water partition coefficient (Wildman–Crippen LogP) is 1.03. The highest BCUT2D eigenvalue weighted by molar-refractivity contribution is 7.89. The van der Waals surface area contributed by atoms with Crippen LogP contribution < -0.4 is 5.73 Å². The van der Waals surface area contributed by atoms with Gasteiger partial charge in [-0.05, 0) is 31.1 Å². The Hall–Kier alpha value is -0.130. The highest BCUT2D eigenvalue weighted by atomic mass is 32.2. The molecule has 0 radical (unpaired) electrons. The van der Waals surface area contributed by atoms with Gasteiger partial charge in [-0.25, -0.2) is 12.7 Å². The molecular weight excluding hydrogens is 224 g/mol. The molecule has 1 aliphatic carbocycles. The maximum Gasteiger partial charge on any atom is 0.214 e. The van der Waals surface area contributed by atoms with Gasteiger partial charge in [-0.3, -0.25) is 0 Å². The highest BCUT2D eigenvalue weighted by Crippen LogP contribution is 2.35. The normalized spacial score (nSPS) is 19.4. The molecule has 0 spiro atoms. The molecule has 1 rings (SSSR count). The lowest BCUT2D eigenvalue weighted by atomic mass is 10.2. The molecule has 4 nitrogen and oxygen atoms in total. The van der Waals surface area contributed by atoms with Crippen molar-refractivity contribution in [2.45, 2.75) is 39.2 Å². The van der Waals surface area contributed by atoms with E-state index in [1.807, 2.05) is 13.8 Å². The van der Waals surface area contributed by atoms with Crippen LogP contribution in [0.1, 0.15) is 33.1 Å². The second kappa shape index (κ2) is 5.47. The van der Waals surface area contributed by atoms with Gasteiger partial charge in [-0.2, -0.15) is 0 Å². The molecule has 0 aliphatic heterocycles. The van der Waals surface area contributed by atoms with Crippen molar-refractivity contribution in [3.63, 3.8) is 0 Å². The van der Waals surface area contributed by atoms with Crippen molar-refractivity contribution in [2.75, 3.05) is 19.3 Å². The Bertz CT molecular complexity index is 310. The summed E-state index contributed by atoms with van der Waals surface area (Å²) in [5.74, 6) is 1.15. The SMILES string of the molecule is CC(C)CCS(=O)(=O)N(C)C(CN)C1CC1. The molecular formula is C11H24N2O2S. The van der Waals surface area contributed by atoms with Gasteiger partial charge in [-0.1, -0.05) is 13.8 Å².